The van der Waals surface area contributed by atoms with Crippen LogP contribution in [0.2, 0.25) is 0 Å². The molecule has 0 bridgehead atoms. The van der Waals surface area contributed by atoms with Crippen LogP contribution in [0.15, 0.2) is 30.3 Å². The van der Waals surface area contributed by atoms with Crippen LogP contribution in [0.5, 0.6) is 5.75 Å². The largest absolute Gasteiger partial charge is 0.493 e. The Balaban J connectivity index is 1.76. The first-order valence-electron chi connectivity index (χ1n) is 11.6. The summed E-state index contributed by atoms with van der Waals surface area (Å²) >= 11 is 1.45. The van der Waals surface area contributed by atoms with Crippen molar-refractivity contribution in [3.63, 3.8) is 0 Å². The van der Waals surface area contributed by atoms with E-state index in [0.717, 1.165) is 70.5 Å². The number of carbonyl (C=O) groups excluding carboxylic acids is 1. The molecule has 2 aliphatic rings. The molecule has 5 rings (SSSR count). The molecule has 1 aliphatic heterocycles. The van der Waals surface area contributed by atoms with Gasteiger partial charge in [-0.2, -0.15) is 0 Å². The smallest absolute Gasteiger partial charge is 0.259 e. The summed E-state index contributed by atoms with van der Waals surface area (Å²) in [6.07, 6.45) is 4.41. The van der Waals surface area contributed by atoms with Gasteiger partial charge in [0.1, 0.15) is 5.75 Å². The van der Waals surface area contributed by atoms with Crippen molar-refractivity contribution in [3.05, 3.63) is 57.6 Å². The lowest BCUT2D eigenvalue weighted by molar-refractivity contribution is 0.100. The quantitative estimate of drug-likeness (QED) is 0.553. The molecular weight excluding hydrogens is 420 g/mol. The molecule has 3 heterocycles. The van der Waals surface area contributed by atoms with Gasteiger partial charge in [0.25, 0.3) is 5.91 Å². The SMILES string of the molecule is CC(C)c1c(C(N)=O)sc2c(C3CCCCC3O)cc([C@H]3CCOc4ccccc43)nc12. The summed E-state index contributed by atoms with van der Waals surface area (Å²) in [5, 5.41) is 10.9. The number of aliphatic hydroxyl groups excluding tert-OH is 1. The number of amides is 1. The highest BCUT2D eigenvalue weighted by molar-refractivity contribution is 7.21. The van der Waals surface area contributed by atoms with Crippen LogP contribution in [-0.2, 0) is 0 Å². The third-order valence-electron chi connectivity index (χ3n) is 6.97. The molecule has 1 aliphatic carbocycles. The van der Waals surface area contributed by atoms with Crippen molar-refractivity contribution < 1.29 is 14.6 Å². The molecule has 1 aromatic carbocycles. The molecule has 32 heavy (non-hydrogen) atoms. The topological polar surface area (TPSA) is 85.4 Å². The summed E-state index contributed by atoms with van der Waals surface area (Å²) in [5.41, 5.74) is 10.9. The summed E-state index contributed by atoms with van der Waals surface area (Å²) in [6.45, 7) is 4.82. The molecule has 2 aromatic heterocycles. The Hall–Kier alpha value is -2.44. The van der Waals surface area contributed by atoms with Crippen molar-refractivity contribution in [2.45, 2.75) is 69.8 Å². The monoisotopic (exact) mass is 450 g/mol. The molecule has 5 nitrogen and oxygen atoms in total. The predicted molar refractivity (Wildman–Crippen MR) is 128 cm³/mol. The van der Waals surface area contributed by atoms with Gasteiger partial charge < -0.3 is 15.6 Å². The van der Waals surface area contributed by atoms with Gasteiger partial charge in [-0.15, -0.1) is 11.3 Å². The van der Waals surface area contributed by atoms with Crippen LogP contribution < -0.4 is 10.5 Å². The number of pyridine rings is 1. The summed E-state index contributed by atoms with van der Waals surface area (Å²) < 4.78 is 6.91. The molecule has 0 spiro atoms. The van der Waals surface area contributed by atoms with E-state index in [1.165, 1.54) is 11.3 Å². The molecule has 2 unspecified atom stereocenters. The van der Waals surface area contributed by atoms with E-state index >= 15 is 0 Å². The summed E-state index contributed by atoms with van der Waals surface area (Å²) in [5.74, 6) is 0.824. The normalized spacial score (nSPS) is 23.2. The van der Waals surface area contributed by atoms with Crippen molar-refractivity contribution in [2.24, 2.45) is 5.73 Å². The molecule has 1 fully saturated rings. The van der Waals surface area contributed by atoms with Gasteiger partial charge in [0.05, 0.1) is 27.8 Å². The maximum atomic E-state index is 12.3. The zero-order valence-electron chi connectivity index (χ0n) is 18.6. The van der Waals surface area contributed by atoms with Gasteiger partial charge in [0, 0.05) is 28.7 Å². The molecule has 0 radical (unpaired) electrons. The third kappa shape index (κ3) is 3.59. The molecule has 3 atom stereocenters. The second-order valence-electron chi connectivity index (χ2n) is 9.36. The first-order chi connectivity index (χ1) is 15.5. The fourth-order valence-electron chi connectivity index (χ4n) is 5.42. The number of aromatic nitrogens is 1. The number of benzene rings is 1. The van der Waals surface area contributed by atoms with Crippen molar-refractivity contribution in [1.82, 2.24) is 4.98 Å². The Kier molecular flexibility index (Phi) is 5.68. The lowest BCUT2D eigenvalue weighted by atomic mass is 9.80. The fourth-order valence-corrected chi connectivity index (χ4v) is 6.75. The van der Waals surface area contributed by atoms with Crippen LogP contribution >= 0.6 is 11.3 Å². The van der Waals surface area contributed by atoms with Gasteiger partial charge in [-0.05, 0) is 42.9 Å². The number of nitrogens with two attached hydrogens (primary N) is 1. The molecule has 1 amide bonds. The maximum absolute atomic E-state index is 12.3. The van der Waals surface area contributed by atoms with Crippen LogP contribution in [0.3, 0.4) is 0 Å². The average molecular weight is 451 g/mol. The first-order valence-corrected chi connectivity index (χ1v) is 12.4. The van der Waals surface area contributed by atoms with E-state index in [9.17, 15) is 9.90 Å². The summed E-state index contributed by atoms with van der Waals surface area (Å²) in [4.78, 5) is 18.1. The molecule has 6 heteroatoms. The predicted octanol–water partition coefficient (Wildman–Crippen LogP) is 5.45. The minimum absolute atomic E-state index is 0.0578. The van der Waals surface area contributed by atoms with E-state index in [2.05, 4.69) is 26.0 Å². The Labute approximate surface area is 192 Å². The standard InChI is InChI=1S/C26H30N2O3S/c1-14(2)22-23-24(32-25(22)26(27)30)18(16-7-3-5-9-20(16)29)13-19(28-23)15-11-12-31-21-10-6-4-8-17(15)21/h4,6,8,10,13-16,20,29H,3,5,7,9,11-12H2,1-2H3,(H2,27,30)/t15-,16?,20?/m0/s1. The third-order valence-corrected chi connectivity index (χ3v) is 8.23. The van der Waals surface area contributed by atoms with Crippen LogP contribution in [0.4, 0.5) is 0 Å². The summed E-state index contributed by atoms with van der Waals surface area (Å²) in [7, 11) is 0. The number of carbonyl (C=O) groups is 1. The lowest BCUT2D eigenvalue weighted by Gasteiger charge is -2.30. The summed E-state index contributed by atoms with van der Waals surface area (Å²) in [6, 6.07) is 10.4. The van der Waals surface area contributed by atoms with E-state index in [1.54, 1.807) is 0 Å². The fraction of sp³-hybridized carbons (Fsp3) is 0.462. The number of thiophene rings is 1. The first kappa shape index (κ1) is 21.4. The minimum atomic E-state index is -0.398. The highest BCUT2D eigenvalue weighted by Gasteiger charge is 2.32. The number of fused-ring (bicyclic) bond motifs is 2. The van der Waals surface area contributed by atoms with Gasteiger partial charge in [0.15, 0.2) is 0 Å². The second-order valence-corrected chi connectivity index (χ2v) is 10.4. The number of hydrogen-bond donors (Lipinski definition) is 2. The van der Waals surface area contributed by atoms with Crippen molar-refractivity contribution in [1.29, 1.82) is 0 Å². The molecular formula is C26H30N2O3S. The Morgan fingerprint density at radius 3 is 2.72 bits per heavy atom. The van der Waals surface area contributed by atoms with Gasteiger partial charge >= 0.3 is 0 Å². The average Bonchev–Trinajstić information content (AvgIpc) is 3.19. The van der Waals surface area contributed by atoms with E-state index < -0.39 is 5.91 Å². The zero-order chi connectivity index (χ0) is 22.4. The molecule has 3 N–H and O–H groups in total. The number of hydrogen-bond acceptors (Lipinski definition) is 5. The number of para-hydroxylation sites is 1. The van der Waals surface area contributed by atoms with Gasteiger partial charge in [-0.3, -0.25) is 9.78 Å². The van der Waals surface area contributed by atoms with Crippen LogP contribution in [0, 0.1) is 0 Å². The van der Waals surface area contributed by atoms with Crippen molar-refractivity contribution in [2.75, 3.05) is 6.61 Å². The highest BCUT2D eigenvalue weighted by atomic mass is 32.1. The highest BCUT2D eigenvalue weighted by Crippen LogP contribution is 2.45. The van der Waals surface area contributed by atoms with Crippen molar-refractivity contribution >= 4 is 27.5 Å². The molecule has 0 saturated heterocycles. The Bertz CT molecular complexity index is 1170. The van der Waals surface area contributed by atoms with Crippen LogP contribution in [0.25, 0.3) is 10.2 Å². The van der Waals surface area contributed by atoms with E-state index in [0.29, 0.717) is 11.5 Å². The van der Waals surface area contributed by atoms with Gasteiger partial charge in [0.2, 0.25) is 0 Å². The number of ether oxygens (including phenoxy) is 1. The van der Waals surface area contributed by atoms with Gasteiger partial charge in [-0.1, -0.05) is 44.9 Å². The van der Waals surface area contributed by atoms with Crippen LogP contribution in [-0.4, -0.2) is 28.7 Å². The maximum Gasteiger partial charge on any atom is 0.259 e. The van der Waals surface area contributed by atoms with Crippen LogP contribution in [0.1, 0.15) is 95.8 Å². The molecule has 3 aromatic rings. The van der Waals surface area contributed by atoms with E-state index in [-0.39, 0.29) is 23.9 Å². The second kappa shape index (κ2) is 8.49. The zero-order valence-corrected chi connectivity index (χ0v) is 19.5. The van der Waals surface area contributed by atoms with Crippen molar-refractivity contribution in [3.8, 4) is 5.75 Å². The number of aliphatic hydroxyl groups is 1. The van der Waals surface area contributed by atoms with E-state index in [4.69, 9.17) is 15.5 Å². The number of primary amides is 1. The number of rotatable bonds is 4. The molecule has 168 valence electrons. The number of nitrogens with zero attached hydrogens (tertiary/aromatic N) is 1. The molecule has 1 saturated carbocycles. The Morgan fingerprint density at radius 1 is 1.19 bits per heavy atom. The minimum Gasteiger partial charge on any atom is -0.493 e. The van der Waals surface area contributed by atoms with E-state index in [1.807, 2.05) is 18.2 Å². The lowest BCUT2D eigenvalue weighted by Crippen LogP contribution is -2.23. The Morgan fingerprint density at radius 2 is 1.97 bits per heavy atom. The van der Waals surface area contributed by atoms with Gasteiger partial charge in [-0.25, -0.2) is 0 Å².